The molecule has 0 spiro atoms. The normalized spacial score (nSPS) is 10.0. The number of nitrogens with zero attached hydrogens (tertiary/aromatic N) is 4. The van der Waals surface area contributed by atoms with Crippen molar-refractivity contribution in [3.05, 3.63) is 81.9 Å². The van der Waals surface area contributed by atoms with E-state index in [0.29, 0.717) is 16.0 Å². The van der Waals surface area contributed by atoms with Crippen LogP contribution in [-0.2, 0) is 0 Å². The fourth-order valence-electron chi connectivity index (χ4n) is 2.13. The summed E-state index contributed by atoms with van der Waals surface area (Å²) in [5.74, 6) is 0.115. The molecule has 1 aromatic carbocycles. The molecule has 1 amide bonds. The molecule has 3 aromatic rings. The highest BCUT2D eigenvalue weighted by atomic mass is 79.9. The summed E-state index contributed by atoms with van der Waals surface area (Å²) in [7, 11) is 0. The third kappa shape index (κ3) is 4.34. The average Bonchev–Trinajstić information content (AvgIpc) is 2.58. The van der Waals surface area contributed by atoms with E-state index in [0.717, 1.165) is 5.56 Å². The van der Waals surface area contributed by atoms with Crippen LogP contribution in [0, 0.1) is 6.92 Å². The Kier molecular flexibility index (Phi) is 6.47. The van der Waals surface area contributed by atoms with Gasteiger partial charge in [0.2, 0.25) is 18.2 Å². The van der Waals surface area contributed by atoms with Crippen LogP contribution in [0.3, 0.4) is 0 Å². The maximum absolute atomic E-state index is 13.1. The van der Waals surface area contributed by atoms with Crippen molar-refractivity contribution >= 4 is 39.3 Å². The molecule has 0 fully saturated rings. The van der Waals surface area contributed by atoms with Crippen LogP contribution in [-0.4, -0.2) is 15.9 Å². The van der Waals surface area contributed by atoms with Crippen LogP contribution in [0.1, 0.15) is 15.9 Å². The highest BCUT2D eigenvalue weighted by Crippen LogP contribution is 2.23. The summed E-state index contributed by atoms with van der Waals surface area (Å²) >= 11 is 9.20. The van der Waals surface area contributed by atoms with Gasteiger partial charge in [-0.1, -0.05) is 45.0 Å². The predicted molar refractivity (Wildman–Crippen MR) is 94.8 cm³/mol. The molecule has 5 nitrogen and oxygen atoms in total. The number of hydrogen-bond acceptors (Lipinski definition) is 3. The maximum Gasteiger partial charge on any atom is 0.316 e. The number of amides is 1. The Labute approximate surface area is 164 Å². The number of anilines is 1. The van der Waals surface area contributed by atoms with Crippen LogP contribution in [0.4, 0.5) is 5.82 Å². The van der Waals surface area contributed by atoms with E-state index in [1.807, 2.05) is 37.3 Å². The van der Waals surface area contributed by atoms with Gasteiger partial charge in [-0.3, -0.25) is 4.79 Å². The highest BCUT2D eigenvalue weighted by Gasteiger charge is 2.30. The first-order valence-corrected chi connectivity index (χ1v) is 8.29. The van der Waals surface area contributed by atoms with E-state index < -0.39 is 0 Å². The number of benzene rings is 1. The molecule has 0 N–H and O–H groups in total. The summed E-state index contributed by atoms with van der Waals surface area (Å²) < 4.78 is 2.03. The van der Waals surface area contributed by atoms with Gasteiger partial charge in [0.15, 0.2) is 4.60 Å². The molecule has 128 valence electrons. The van der Waals surface area contributed by atoms with Crippen molar-refractivity contribution in [2.45, 2.75) is 6.92 Å². The Hall–Kier alpha value is -2.02. The molecule has 0 saturated carbocycles. The van der Waals surface area contributed by atoms with Crippen LogP contribution in [0.15, 0.2) is 65.7 Å². The molecular weight excluding hydrogens is 427 g/mol. The quantitative estimate of drug-likeness (QED) is 0.561. The molecule has 3 rings (SSSR count). The molecule has 2 aromatic heterocycles. The first-order valence-electron chi connectivity index (χ1n) is 7.12. The Balaban J connectivity index is 0.00000225. The first kappa shape index (κ1) is 19.3. The van der Waals surface area contributed by atoms with E-state index in [1.54, 1.807) is 29.2 Å². The van der Waals surface area contributed by atoms with Gasteiger partial charge in [0.1, 0.15) is 5.15 Å². The highest BCUT2D eigenvalue weighted by molar-refractivity contribution is 9.10. The minimum atomic E-state index is -0.233. The largest absolute Gasteiger partial charge is 1.00 e. The molecule has 0 unspecified atom stereocenters. The molecule has 0 bridgehead atoms. The van der Waals surface area contributed by atoms with Crippen LogP contribution in [0.2, 0.25) is 5.15 Å². The monoisotopic (exact) mass is 438 g/mol. The number of rotatable bonds is 3. The fourth-order valence-corrected chi connectivity index (χ4v) is 2.83. The van der Waals surface area contributed by atoms with Crippen molar-refractivity contribution in [2.24, 2.45) is 0 Å². The lowest BCUT2D eigenvalue weighted by molar-refractivity contribution is -0.674. The number of carbonyl (C=O) groups excluding carboxylic acids is 1. The zero-order valence-corrected chi connectivity index (χ0v) is 16.2. The first-order chi connectivity index (χ1) is 11.6. The van der Waals surface area contributed by atoms with E-state index in [9.17, 15) is 4.79 Å². The van der Waals surface area contributed by atoms with Crippen molar-refractivity contribution in [3.63, 3.8) is 0 Å². The van der Waals surface area contributed by atoms with Crippen LogP contribution >= 0.6 is 27.5 Å². The summed E-state index contributed by atoms with van der Waals surface area (Å²) in [6.07, 6.45) is 4.92. The summed E-state index contributed by atoms with van der Waals surface area (Å²) in [5.41, 5.74) is 1.62. The van der Waals surface area contributed by atoms with E-state index in [4.69, 9.17) is 11.6 Å². The summed E-state index contributed by atoms with van der Waals surface area (Å²) in [5, 5.41) is 1.67. The van der Waals surface area contributed by atoms with Gasteiger partial charge in [-0.05, 0) is 35.0 Å². The zero-order chi connectivity index (χ0) is 17.1. The molecular formula is C17H13BrCl2N4O. The number of aromatic nitrogens is 3. The number of aryl methyl sites for hydroxylation is 1. The number of pyridine rings is 1. The molecule has 0 saturated heterocycles. The third-order valence-electron chi connectivity index (χ3n) is 3.31. The SMILES string of the molecule is Cc1ccc(C(=O)N(c2ncc(Cl)nc2Br)[n+]2ccccc2)cc1.[Cl-]. The molecule has 2 heterocycles. The zero-order valence-electron chi connectivity index (χ0n) is 13.1. The minimum absolute atomic E-state index is 0. The van der Waals surface area contributed by atoms with Gasteiger partial charge in [0, 0.05) is 17.7 Å². The summed E-state index contributed by atoms with van der Waals surface area (Å²) in [4.78, 5) is 21.5. The van der Waals surface area contributed by atoms with Gasteiger partial charge in [-0.25, -0.2) is 9.97 Å². The lowest BCUT2D eigenvalue weighted by Gasteiger charge is -2.15. The lowest BCUT2D eigenvalue weighted by Crippen LogP contribution is -3.00. The minimum Gasteiger partial charge on any atom is -1.00 e. The lowest BCUT2D eigenvalue weighted by atomic mass is 10.1. The Morgan fingerprint density at radius 1 is 1.16 bits per heavy atom. The molecule has 0 aliphatic heterocycles. The second-order valence-corrected chi connectivity index (χ2v) is 6.18. The van der Waals surface area contributed by atoms with E-state index in [2.05, 4.69) is 25.9 Å². The molecule has 8 heteroatoms. The Morgan fingerprint density at radius 2 is 1.80 bits per heavy atom. The van der Waals surface area contributed by atoms with Gasteiger partial charge in [0.25, 0.3) is 0 Å². The third-order valence-corrected chi connectivity index (χ3v) is 4.02. The van der Waals surface area contributed by atoms with Gasteiger partial charge in [-0.15, -0.1) is 0 Å². The van der Waals surface area contributed by atoms with Crippen LogP contribution in [0.5, 0.6) is 0 Å². The van der Waals surface area contributed by atoms with Crippen molar-refractivity contribution in [2.75, 3.05) is 5.01 Å². The molecule has 0 aliphatic rings. The van der Waals surface area contributed by atoms with Crippen molar-refractivity contribution in [1.29, 1.82) is 0 Å². The van der Waals surface area contributed by atoms with Crippen LogP contribution in [0.25, 0.3) is 0 Å². The molecule has 0 radical (unpaired) electrons. The summed E-state index contributed by atoms with van der Waals surface area (Å²) in [6.45, 7) is 1.97. The van der Waals surface area contributed by atoms with Crippen molar-refractivity contribution < 1.29 is 21.9 Å². The van der Waals surface area contributed by atoms with Gasteiger partial charge in [-0.2, -0.15) is 0 Å². The summed E-state index contributed by atoms with van der Waals surface area (Å²) in [6, 6.07) is 12.9. The molecule has 25 heavy (non-hydrogen) atoms. The average molecular weight is 440 g/mol. The Morgan fingerprint density at radius 3 is 2.40 bits per heavy atom. The second kappa shape index (κ2) is 8.38. The van der Waals surface area contributed by atoms with E-state index in [1.165, 1.54) is 11.2 Å². The smallest absolute Gasteiger partial charge is 0.316 e. The van der Waals surface area contributed by atoms with E-state index >= 15 is 0 Å². The van der Waals surface area contributed by atoms with E-state index in [-0.39, 0.29) is 23.5 Å². The van der Waals surface area contributed by atoms with Gasteiger partial charge < -0.3 is 12.4 Å². The molecule has 0 atom stereocenters. The fraction of sp³-hybridized carbons (Fsp3) is 0.0588. The predicted octanol–water partition coefficient (Wildman–Crippen LogP) is 0.603. The van der Waals surface area contributed by atoms with Crippen molar-refractivity contribution in [3.8, 4) is 0 Å². The number of carbonyl (C=O) groups is 1. The Bertz CT molecular complexity index is 876. The number of halogens is 3. The standard InChI is InChI=1S/C17H13BrClN4O.ClH/c1-12-5-7-13(8-6-12)17(24)23(22-9-3-2-4-10-22)16-15(18)21-14(19)11-20-16;/h2-11H,1H3;1H/q+1;/p-1. The van der Waals surface area contributed by atoms with Crippen molar-refractivity contribution in [1.82, 2.24) is 9.97 Å². The van der Waals surface area contributed by atoms with Gasteiger partial charge >= 0.3 is 5.91 Å². The maximum atomic E-state index is 13.1. The number of hydrogen-bond donors (Lipinski definition) is 0. The second-order valence-electron chi connectivity index (χ2n) is 5.05. The van der Waals surface area contributed by atoms with Crippen LogP contribution < -0.4 is 22.1 Å². The topological polar surface area (TPSA) is 50.0 Å². The molecule has 0 aliphatic carbocycles. The van der Waals surface area contributed by atoms with Gasteiger partial charge in [0.05, 0.1) is 6.20 Å².